The number of piperazine rings is 1. The highest BCUT2D eigenvalue weighted by molar-refractivity contribution is 5.14. The molecule has 19 heavy (non-hydrogen) atoms. The molecule has 2 nitrogen and oxygen atoms in total. The monoisotopic (exact) mass is 260 g/mol. The SMILES string of the molecule is CC(C)[C@H]1CN(C)CCN1CCCc1ccccc1. The zero-order chi connectivity index (χ0) is 13.7. The lowest BCUT2D eigenvalue weighted by molar-refractivity contribution is 0.0624. The van der Waals surface area contributed by atoms with E-state index in [0.29, 0.717) is 0 Å². The van der Waals surface area contributed by atoms with Gasteiger partial charge in [-0.15, -0.1) is 0 Å². The smallest absolute Gasteiger partial charge is 0.0246 e. The summed E-state index contributed by atoms with van der Waals surface area (Å²) in [6.07, 6.45) is 2.48. The highest BCUT2D eigenvalue weighted by atomic mass is 15.3. The fourth-order valence-electron chi connectivity index (χ4n) is 3.03. The number of benzene rings is 1. The van der Waals surface area contributed by atoms with Crippen molar-refractivity contribution in [2.75, 3.05) is 33.2 Å². The molecule has 2 rings (SSSR count). The second-order valence-corrected chi connectivity index (χ2v) is 6.20. The molecule has 106 valence electrons. The minimum Gasteiger partial charge on any atom is -0.304 e. The lowest BCUT2D eigenvalue weighted by Gasteiger charge is -2.42. The van der Waals surface area contributed by atoms with Gasteiger partial charge >= 0.3 is 0 Å². The molecule has 0 amide bonds. The molecule has 0 radical (unpaired) electrons. The minimum atomic E-state index is 0.731. The number of rotatable bonds is 5. The van der Waals surface area contributed by atoms with Gasteiger partial charge in [0.05, 0.1) is 0 Å². The van der Waals surface area contributed by atoms with Crippen LogP contribution in [0.25, 0.3) is 0 Å². The Balaban J connectivity index is 1.80. The van der Waals surface area contributed by atoms with Crippen LogP contribution in [0, 0.1) is 5.92 Å². The molecule has 0 spiro atoms. The van der Waals surface area contributed by atoms with Crippen LogP contribution in [0.4, 0.5) is 0 Å². The lowest BCUT2D eigenvalue weighted by Crippen LogP contribution is -2.54. The molecule has 0 aromatic heterocycles. The summed E-state index contributed by atoms with van der Waals surface area (Å²) in [6.45, 7) is 9.62. The fraction of sp³-hybridized carbons (Fsp3) is 0.647. The molecule has 1 aromatic carbocycles. The molecule has 1 heterocycles. The van der Waals surface area contributed by atoms with Gasteiger partial charge in [0, 0.05) is 25.7 Å². The molecule has 0 saturated carbocycles. The third-order valence-electron chi connectivity index (χ3n) is 4.26. The van der Waals surface area contributed by atoms with Gasteiger partial charge in [0.2, 0.25) is 0 Å². The second kappa shape index (κ2) is 7.06. The van der Waals surface area contributed by atoms with Crippen molar-refractivity contribution in [3.05, 3.63) is 35.9 Å². The van der Waals surface area contributed by atoms with E-state index in [4.69, 9.17) is 0 Å². The van der Waals surface area contributed by atoms with Gasteiger partial charge in [0.1, 0.15) is 0 Å². The summed E-state index contributed by atoms with van der Waals surface area (Å²) in [5.41, 5.74) is 1.47. The zero-order valence-electron chi connectivity index (χ0n) is 12.7. The van der Waals surface area contributed by atoms with Crippen molar-refractivity contribution < 1.29 is 0 Å². The molecular formula is C17H28N2. The maximum absolute atomic E-state index is 2.70. The summed E-state index contributed by atoms with van der Waals surface area (Å²) in [6, 6.07) is 11.6. The van der Waals surface area contributed by atoms with Crippen LogP contribution in [0.5, 0.6) is 0 Å². The third kappa shape index (κ3) is 4.32. The maximum Gasteiger partial charge on any atom is 0.0246 e. The van der Waals surface area contributed by atoms with Crippen LogP contribution in [-0.4, -0.2) is 49.1 Å². The van der Waals surface area contributed by atoms with Gasteiger partial charge in [0.15, 0.2) is 0 Å². The molecule has 1 aliphatic rings. The van der Waals surface area contributed by atoms with Crippen molar-refractivity contribution in [2.45, 2.75) is 32.7 Å². The molecule has 2 heteroatoms. The first-order valence-corrected chi connectivity index (χ1v) is 7.63. The van der Waals surface area contributed by atoms with Crippen LogP contribution in [0.3, 0.4) is 0 Å². The van der Waals surface area contributed by atoms with Gasteiger partial charge in [-0.05, 0) is 37.9 Å². The van der Waals surface area contributed by atoms with Crippen molar-refractivity contribution in [1.29, 1.82) is 0 Å². The Bertz CT molecular complexity index is 361. The Hall–Kier alpha value is -0.860. The zero-order valence-corrected chi connectivity index (χ0v) is 12.7. The topological polar surface area (TPSA) is 6.48 Å². The van der Waals surface area contributed by atoms with Crippen LogP contribution in [0.1, 0.15) is 25.8 Å². The van der Waals surface area contributed by atoms with E-state index in [9.17, 15) is 0 Å². The average molecular weight is 260 g/mol. The highest BCUT2D eigenvalue weighted by Gasteiger charge is 2.26. The average Bonchev–Trinajstić information content (AvgIpc) is 2.41. The third-order valence-corrected chi connectivity index (χ3v) is 4.26. The van der Waals surface area contributed by atoms with E-state index in [1.54, 1.807) is 0 Å². The van der Waals surface area contributed by atoms with E-state index >= 15 is 0 Å². The molecule has 1 aromatic rings. The molecular weight excluding hydrogens is 232 g/mol. The van der Waals surface area contributed by atoms with Crippen LogP contribution < -0.4 is 0 Å². The largest absolute Gasteiger partial charge is 0.304 e. The highest BCUT2D eigenvalue weighted by Crippen LogP contribution is 2.17. The van der Waals surface area contributed by atoms with E-state index in [-0.39, 0.29) is 0 Å². The van der Waals surface area contributed by atoms with E-state index in [1.807, 2.05) is 0 Å². The van der Waals surface area contributed by atoms with Gasteiger partial charge in [-0.2, -0.15) is 0 Å². The quantitative estimate of drug-likeness (QED) is 0.803. The van der Waals surface area contributed by atoms with E-state index in [0.717, 1.165) is 12.0 Å². The van der Waals surface area contributed by atoms with E-state index in [2.05, 4.69) is 61.0 Å². The normalized spacial score (nSPS) is 22.0. The summed E-state index contributed by atoms with van der Waals surface area (Å²) in [4.78, 5) is 5.17. The van der Waals surface area contributed by atoms with Crippen molar-refractivity contribution in [3.63, 3.8) is 0 Å². The Kier molecular flexibility index (Phi) is 5.41. The lowest BCUT2D eigenvalue weighted by atomic mass is 9.99. The first kappa shape index (κ1) is 14.5. The van der Waals surface area contributed by atoms with Crippen LogP contribution in [-0.2, 0) is 6.42 Å². The first-order valence-electron chi connectivity index (χ1n) is 7.63. The van der Waals surface area contributed by atoms with E-state index < -0.39 is 0 Å². The molecule has 0 bridgehead atoms. The van der Waals surface area contributed by atoms with Crippen molar-refractivity contribution >= 4 is 0 Å². The number of aryl methyl sites for hydroxylation is 1. The van der Waals surface area contributed by atoms with Crippen LogP contribution >= 0.6 is 0 Å². The molecule has 1 aliphatic heterocycles. The fourth-order valence-corrected chi connectivity index (χ4v) is 3.03. The molecule has 0 aliphatic carbocycles. The Labute approximate surface area is 118 Å². The van der Waals surface area contributed by atoms with Crippen molar-refractivity contribution in [2.24, 2.45) is 5.92 Å². The molecule has 0 N–H and O–H groups in total. The number of hydrogen-bond donors (Lipinski definition) is 0. The van der Waals surface area contributed by atoms with Gasteiger partial charge < -0.3 is 4.90 Å². The Morgan fingerprint density at radius 2 is 1.89 bits per heavy atom. The van der Waals surface area contributed by atoms with Crippen LogP contribution in [0.15, 0.2) is 30.3 Å². The van der Waals surface area contributed by atoms with Gasteiger partial charge in [-0.3, -0.25) is 4.90 Å². The standard InChI is InChI=1S/C17H28N2/c1-15(2)17-14-18(3)12-13-19(17)11-7-10-16-8-5-4-6-9-16/h4-6,8-9,15,17H,7,10-14H2,1-3H3/t17-/m1/s1. The maximum atomic E-state index is 2.70. The minimum absolute atomic E-state index is 0.731. The molecule has 1 fully saturated rings. The van der Waals surface area contributed by atoms with Crippen molar-refractivity contribution in [3.8, 4) is 0 Å². The van der Waals surface area contributed by atoms with Gasteiger partial charge in [-0.1, -0.05) is 44.2 Å². The number of nitrogens with zero attached hydrogens (tertiary/aromatic N) is 2. The summed E-state index contributed by atoms with van der Waals surface area (Å²) in [5, 5.41) is 0. The first-order chi connectivity index (χ1) is 9.16. The van der Waals surface area contributed by atoms with E-state index in [1.165, 1.54) is 44.6 Å². The predicted molar refractivity (Wildman–Crippen MR) is 82.5 cm³/mol. The number of hydrogen-bond acceptors (Lipinski definition) is 2. The summed E-state index contributed by atoms with van der Waals surface area (Å²) >= 11 is 0. The summed E-state index contributed by atoms with van der Waals surface area (Å²) in [5.74, 6) is 0.750. The van der Waals surface area contributed by atoms with Gasteiger partial charge in [0.25, 0.3) is 0 Å². The molecule has 1 atom stereocenters. The number of likely N-dealkylation sites (N-methyl/N-ethyl adjacent to an activating group) is 1. The molecule has 0 unspecified atom stereocenters. The Morgan fingerprint density at radius 1 is 1.16 bits per heavy atom. The van der Waals surface area contributed by atoms with Crippen LogP contribution in [0.2, 0.25) is 0 Å². The summed E-state index contributed by atoms with van der Waals surface area (Å²) < 4.78 is 0. The Morgan fingerprint density at radius 3 is 2.58 bits per heavy atom. The van der Waals surface area contributed by atoms with Crippen molar-refractivity contribution in [1.82, 2.24) is 9.80 Å². The summed E-state index contributed by atoms with van der Waals surface area (Å²) in [7, 11) is 2.25. The van der Waals surface area contributed by atoms with Gasteiger partial charge in [-0.25, -0.2) is 0 Å². The molecule has 1 saturated heterocycles. The second-order valence-electron chi connectivity index (χ2n) is 6.20. The predicted octanol–water partition coefficient (Wildman–Crippen LogP) is 2.89.